The van der Waals surface area contributed by atoms with Gasteiger partial charge in [-0.05, 0) is 26.2 Å². The molecule has 21 heavy (non-hydrogen) atoms. The van der Waals surface area contributed by atoms with Gasteiger partial charge in [0.1, 0.15) is 11.9 Å². The van der Waals surface area contributed by atoms with Gasteiger partial charge in [-0.15, -0.1) is 0 Å². The topological polar surface area (TPSA) is 62.0 Å². The number of nitrogens with zero attached hydrogens (tertiary/aromatic N) is 4. The molecule has 0 radical (unpaired) electrons. The minimum atomic E-state index is 0.181. The van der Waals surface area contributed by atoms with E-state index >= 15 is 0 Å². The van der Waals surface area contributed by atoms with Crippen molar-refractivity contribution in [2.75, 3.05) is 18.6 Å². The highest BCUT2D eigenvalue weighted by molar-refractivity contribution is 5.40. The first-order valence-electron chi connectivity index (χ1n) is 7.69. The molecular formula is C16H24N4O. The average Bonchev–Trinajstić information content (AvgIpc) is 2.52. The van der Waals surface area contributed by atoms with E-state index in [0.29, 0.717) is 17.8 Å². The van der Waals surface area contributed by atoms with E-state index in [1.54, 1.807) is 6.20 Å². The Morgan fingerprint density at radius 3 is 2.52 bits per heavy atom. The summed E-state index contributed by atoms with van der Waals surface area (Å²) in [5, 5.41) is 8.80. The SMILES string of the molecule is CCOC1CC(N(C)c2cnc(C#N)cn2)C1(CC)CC. The van der Waals surface area contributed by atoms with Gasteiger partial charge in [-0.1, -0.05) is 13.8 Å². The van der Waals surface area contributed by atoms with Crippen LogP contribution in [-0.2, 0) is 4.74 Å². The maximum atomic E-state index is 8.80. The lowest BCUT2D eigenvalue weighted by atomic mass is 9.58. The predicted octanol–water partition coefficient (Wildman–Crippen LogP) is 2.77. The van der Waals surface area contributed by atoms with E-state index in [4.69, 9.17) is 10.00 Å². The van der Waals surface area contributed by atoms with Crippen LogP contribution in [0.2, 0.25) is 0 Å². The van der Waals surface area contributed by atoms with Crippen LogP contribution in [0.25, 0.3) is 0 Å². The molecule has 0 amide bonds. The number of rotatable bonds is 6. The summed E-state index contributed by atoms with van der Waals surface area (Å²) in [6, 6.07) is 2.41. The molecule has 2 atom stereocenters. The lowest BCUT2D eigenvalue weighted by Gasteiger charge is -2.58. The number of hydrogen-bond acceptors (Lipinski definition) is 5. The van der Waals surface area contributed by atoms with Crippen molar-refractivity contribution in [3.63, 3.8) is 0 Å². The van der Waals surface area contributed by atoms with Crippen molar-refractivity contribution in [1.82, 2.24) is 9.97 Å². The Morgan fingerprint density at radius 2 is 2.05 bits per heavy atom. The second-order valence-electron chi connectivity index (χ2n) is 5.62. The highest BCUT2D eigenvalue weighted by Crippen LogP contribution is 2.51. The summed E-state index contributed by atoms with van der Waals surface area (Å²) in [5.41, 5.74) is 0.533. The van der Waals surface area contributed by atoms with Gasteiger partial charge in [0.05, 0.1) is 18.5 Å². The molecule has 1 saturated carbocycles. The zero-order valence-corrected chi connectivity index (χ0v) is 13.3. The third-order valence-electron chi connectivity index (χ3n) is 5.01. The third-order valence-corrected chi connectivity index (χ3v) is 5.01. The van der Waals surface area contributed by atoms with Gasteiger partial charge in [-0.2, -0.15) is 5.26 Å². The third kappa shape index (κ3) is 2.60. The number of ether oxygens (including phenoxy) is 1. The molecule has 0 saturated heterocycles. The first-order valence-corrected chi connectivity index (χ1v) is 7.69. The normalized spacial score (nSPS) is 23.2. The van der Waals surface area contributed by atoms with Crippen molar-refractivity contribution >= 4 is 5.82 Å². The molecule has 0 aliphatic heterocycles. The van der Waals surface area contributed by atoms with Crippen LogP contribution in [0, 0.1) is 16.7 Å². The fourth-order valence-electron chi connectivity index (χ4n) is 3.60. The van der Waals surface area contributed by atoms with Gasteiger partial charge in [0.25, 0.3) is 0 Å². The molecule has 0 bridgehead atoms. The van der Waals surface area contributed by atoms with Crippen molar-refractivity contribution in [3.05, 3.63) is 18.1 Å². The second kappa shape index (κ2) is 6.40. The Labute approximate surface area is 127 Å². The Kier molecular flexibility index (Phi) is 4.79. The minimum Gasteiger partial charge on any atom is -0.378 e. The highest BCUT2D eigenvalue weighted by Gasteiger charge is 2.55. The monoisotopic (exact) mass is 288 g/mol. The molecule has 1 aromatic rings. The molecule has 0 N–H and O–H groups in total. The lowest BCUT2D eigenvalue weighted by molar-refractivity contribution is -0.128. The number of anilines is 1. The fourth-order valence-corrected chi connectivity index (χ4v) is 3.60. The van der Waals surface area contributed by atoms with Gasteiger partial charge in [-0.25, -0.2) is 9.97 Å². The first kappa shape index (κ1) is 15.7. The van der Waals surface area contributed by atoms with Gasteiger partial charge < -0.3 is 9.64 Å². The Hall–Kier alpha value is -1.67. The van der Waals surface area contributed by atoms with Crippen LogP contribution in [0.1, 0.15) is 45.7 Å². The van der Waals surface area contributed by atoms with Crippen molar-refractivity contribution in [2.24, 2.45) is 5.41 Å². The molecule has 2 rings (SSSR count). The van der Waals surface area contributed by atoms with Gasteiger partial charge in [0.15, 0.2) is 5.69 Å². The van der Waals surface area contributed by atoms with Crippen LogP contribution >= 0.6 is 0 Å². The summed E-state index contributed by atoms with van der Waals surface area (Å²) >= 11 is 0. The van der Waals surface area contributed by atoms with Gasteiger partial charge in [0, 0.05) is 25.1 Å². The molecule has 1 fully saturated rings. The summed E-state index contributed by atoms with van der Waals surface area (Å²) in [4.78, 5) is 10.7. The van der Waals surface area contributed by atoms with Gasteiger partial charge in [-0.3, -0.25) is 0 Å². The standard InChI is InChI=1S/C16H24N4O/c1-5-16(6-2)13(8-14(16)21-7-3)20(4)15-11-18-12(9-17)10-19-15/h10-11,13-14H,5-8H2,1-4H3. The molecule has 1 aromatic heterocycles. The predicted molar refractivity (Wildman–Crippen MR) is 82.0 cm³/mol. The molecule has 2 unspecified atom stereocenters. The maximum Gasteiger partial charge on any atom is 0.158 e. The van der Waals surface area contributed by atoms with E-state index in [0.717, 1.165) is 31.7 Å². The summed E-state index contributed by atoms with van der Waals surface area (Å²) in [6.45, 7) is 7.29. The van der Waals surface area contributed by atoms with E-state index in [1.807, 2.05) is 6.07 Å². The summed E-state index contributed by atoms with van der Waals surface area (Å²) < 4.78 is 5.92. The Bertz CT molecular complexity index is 504. The molecule has 0 spiro atoms. The summed E-state index contributed by atoms with van der Waals surface area (Å²) in [6.07, 6.45) is 6.75. The molecular weight excluding hydrogens is 264 g/mol. The van der Waals surface area contributed by atoms with Crippen LogP contribution in [-0.4, -0.2) is 35.8 Å². The zero-order chi connectivity index (χ0) is 15.5. The van der Waals surface area contributed by atoms with Crippen LogP contribution < -0.4 is 4.90 Å². The van der Waals surface area contributed by atoms with Crippen molar-refractivity contribution in [2.45, 2.75) is 52.2 Å². The lowest BCUT2D eigenvalue weighted by Crippen LogP contribution is -2.64. The minimum absolute atomic E-state index is 0.181. The first-order chi connectivity index (χ1) is 10.1. The van der Waals surface area contributed by atoms with Crippen molar-refractivity contribution in [1.29, 1.82) is 5.26 Å². The molecule has 1 heterocycles. The zero-order valence-electron chi connectivity index (χ0n) is 13.3. The quantitative estimate of drug-likeness (QED) is 0.805. The van der Waals surface area contributed by atoms with Crippen LogP contribution in [0.4, 0.5) is 5.82 Å². The molecule has 0 aromatic carbocycles. The van der Waals surface area contributed by atoms with Crippen LogP contribution in [0.5, 0.6) is 0 Å². The molecule has 114 valence electrons. The number of hydrogen-bond donors (Lipinski definition) is 0. The smallest absolute Gasteiger partial charge is 0.158 e. The number of aromatic nitrogens is 2. The fraction of sp³-hybridized carbons (Fsp3) is 0.688. The second-order valence-corrected chi connectivity index (χ2v) is 5.62. The Morgan fingerprint density at radius 1 is 1.33 bits per heavy atom. The van der Waals surface area contributed by atoms with E-state index in [9.17, 15) is 0 Å². The van der Waals surface area contributed by atoms with Gasteiger partial charge in [0.2, 0.25) is 0 Å². The highest BCUT2D eigenvalue weighted by atomic mass is 16.5. The van der Waals surface area contributed by atoms with Crippen LogP contribution in [0.15, 0.2) is 12.4 Å². The van der Waals surface area contributed by atoms with E-state index in [2.05, 4.69) is 42.7 Å². The molecule has 5 nitrogen and oxygen atoms in total. The van der Waals surface area contributed by atoms with Gasteiger partial charge >= 0.3 is 0 Å². The molecule has 1 aliphatic carbocycles. The summed E-state index contributed by atoms with van der Waals surface area (Å²) in [5.74, 6) is 0.820. The number of nitriles is 1. The van der Waals surface area contributed by atoms with Crippen molar-refractivity contribution in [3.8, 4) is 6.07 Å². The van der Waals surface area contributed by atoms with E-state index < -0.39 is 0 Å². The summed E-state index contributed by atoms with van der Waals surface area (Å²) in [7, 11) is 2.06. The molecule has 5 heteroatoms. The van der Waals surface area contributed by atoms with E-state index in [-0.39, 0.29) is 5.41 Å². The maximum absolute atomic E-state index is 8.80. The Balaban J connectivity index is 2.18. The van der Waals surface area contributed by atoms with E-state index in [1.165, 1.54) is 6.20 Å². The largest absolute Gasteiger partial charge is 0.378 e. The van der Waals surface area contributed by atoms with Crippen molar-refractivity contribution < 1.29 is 4.74 Å². The average molecular weight is 288 g/mol. The molecule has 1 aliphatic rings. The van der Waals surface area contributed by atoms with Crippen LogP contribution in [0.3, 0.4) is 0 Å².